The summed E-state index contributed by atoms with van der Waals surface area (Å²) in [5.41, 5.74) is 4.41. The first-order valence-electron chi connectivity index (χ1n) is 9.24. The zero-order valence-corrected chi connectivity index (χ0v) is 18.3. The van der Waals surface area contributed by atoms with Crippen LogP contribution in [-0.4, -0.2) is 29.5 Å². The molecule has 31 heavy (non-hydrogen) atoms. The van der Waals surface area contributed by atoms with E-state index in [9.17, 15) is 14.4 Å². The summed E-state index contributed by atoms with van der Waals surface area (Å²) in [6.45, 7) is 3.80. The van der Waals surface area contributed by atoms with Crippen LogP contribution in [0.25, 0.3) is 0 Å². The number of urea groups is 1. The number of aromatic nitrogens is 1. The minimum Gasteiger partial charge on any atom is -0.461 e. The molecule has 0 aliphatic heterocycles. The maximum Gasteiger partial charge on any atom is 0.357 e. The Balaban J connectivity index is 1.86. The largest absolute Gasteiger partial charge is 0.461 e. The zero-order valence-electron chi connectivity index (χ0n) is 16.7. The highest BCUT2D eigenvalue weighted by atomic mass is 35.5. The number of anilines is 2. The van der Waals surface area contributed by atoms with Crippen LogP contribution >= 0.6 is 22.9 Å². The van der Waals surface area contributed by atoms with E-state index in [-0.39, 0.29) is 17.4 Å². The maximum atomic E-state index is 13.0. The molecule has 2 N–H and O–H groups in total. The number of hydrogen-bond acceptors (Lipinski definition) is 6. The van der Waals surface area contributed by atoms with Gasteiger partial charge in [0.15, 0.2) is 5.69 Å². The summed E-state index contributed by atoms with van der Waals surface area (Å²) < 4.78 is 4.94. The average molecular weight is 459 g/mol. The highest BCUT2D eigenvalue weighted by Crippen LogP contribution is 2.22. The second-order valence-corrected chi connectivity index (χ2v) is 7.59. The van der Waals surface area contributed by atoms with Gasteiger partial charge in [0.2, 0.25) is 5.13 Å². The monoisotopic (exact) mass is 458 g/mol. The van der Waals surface area contributed by atoms with Crippen molar-refractivity contribution in [2.45, 2.75) is 13.8 Å². The molecule has 10 heteroatoms. The summed E-state index contributed by atoms with van der Waals surface area (Å²) in [6, 6.07) is 12.7. The van der Waals surface area contributed by atoms with E-state index in [0.717, 1.165) is 21.9 Å². The predicted octanol–water partition coefficient (Wildman–Crippen LogP) is 4.67. The normalized spacial score (nSPS) is 10.3. The van der Waals surface area contributed by atoms with Crippen molar-refractivity contribution in [1.29, 1.82) is 0 Å². The van der Waals surface area contributed by atoms with Crippen LogP contribution < -0.4 is 15.8 Å². The lowest BCUT2D eigenvalue weighted by Gasteiger charge is -2.21. The summed E-state index contributed by atoms with van der Waals surface area (Å²) in [5.74, 6) is -1.17. The van der Waals surface area contributed by atoms with E-state index < -0.39 is 17.9 Å². The number of halogens is 1. The Morgan fingerprint density at radius 3 is 2.42 bits per heavy atom. The molecule has 0 saturated heterocycles. The van der Waals surface area contributed by atoms with E-state index in [0.29, 0.717) is 16.3 Å². The Morgan fingerprint density at radius 1 is 1.10 bits per heavy atom. The Morgan fingerprint density at radius 2 is 1.77 bits per heavy atom. The van der Waals surface area contributed by atoms with Gasteiger partial charge in [-0.05, 0) is 50.2 Å². The van der Waals surface area contributed by atoms with E-state index >= 15 is 0 Å². The fourth-order valence-electron chi connectivity index (χ4n) is 2.43. The van der Waals surface area contributed by atoms with Crippen molar-refractivity contribution >= 4 is 51.7 Å². The Labute approximate surface area is 187 Å². The first-order valence-corrected chi connectivity index (χ1v) is 10.5. The van der Waals surface area contributed by atoms with Crippen molar-refractivity contribution in [3.05, 3.63) is 75.8 Å². The van der Waals surface area contributed by atoms with E-state index in [4.69, 9.17) is 16.3 Å². The lowest BCUT2D eigenvalue weighted by Crippen LogP contribution is -2.48. The minimum absolute atomic E-state index is 0.0377. The molecule has 3 amide bonds. The van der Waals surface area contributed by atoms with E-state index in [1.807, 2.05) is 19.1 Å². The molecule has 2 aromatic carbocycles. The van der Waals surface area contributed by atoms with E-state index in [2.05, 4.69) is 15.7 Å². The summed E-state index contributed by atoms with van der Waals surface area (Å²) in [7, 11) is 0. The van der Waals surface area contributed by atoms with Crippen molar-refractivity contribution in [2.75, 3.05) is 16.9 Å². The molecule has 160 valence electrons. The number of hydrogen-bond donors (Lipinski definition) is 2. The second-order valence-electron chi connectivity index (χ2n) is 6.32. The van der Waals surface area contributed by atoms with Crippen molar-refractivity contribution in [2.24, 2.45) is 0 Å². The van der Waals surface area contributed by atoms with Crippen LogP contribution in [0.5, 0.6) is 0 Å². The van der Waals surface area contributed by atoms with E-state index in [1.165, 1.54) is 17.5 Å². The van der Waals surface area contributed by atoms with Gasteiger partial charge in [-0.1, -0.05) is 29.3 Å². The third-order valence-electron chi connectivity index (χ3n) is 3.99. The van der Waals surface area contributed by atoms with Crippen LogP contribution in [0.3, 0.4) is 0 Å². The number of amides is 3. The number of rotatable bonds is 5. The molecule has 3 aromatic rings. The van der Waals surface area contributed by atoms with Crippen LogP contribution in [0, 0.1) is 6.92 Å². The van der Waals surface area contributed by atoms with Gasteiger partial charge in [0.25, 0.3) is 5.91 Å². The van der Waals surface area contributed by atoms with Crippen LogP contribution in [0.4, 0.5) is 15.6 Å². The number of carbonyl (C=O) groups excluding carboxylic acids is 3. The summed E-state index contributed by atoms with van der Waals surface area (Å²) in [5, 5.41) is 5.67. The summed E-state index contributed by atoms with van der Waals surface area (Å²) in [6.07, 6.45) is 0. The van der Waals surface area contributed by atoms with Crippen molar-refractivity contribution in [3.8, 4) is 0 Å². The predicted molar refractivity (Wildman–Crippen MR) is 120 cm³/mol. The van der Waals surface area contributed by atoms with Crippen LogP contribution in [0.2, 0.25) is 5.02 Å². The molecule has 0 spiro atoms. The molecule has 3 rings (SSSR count). The molecule has 0 unspecified atom stereocenters. The van der Waals surface area contributed by atoms with Crippen molar-refractivity contribution in [3.63, 3.8) is 0 Å². The summed E-state index contributed by atoms with van der Waals surface area (Å²) >= 11 is 6.88. The number of ether oxygens (including phenoxy) is 1. The van der Waals surface area contributed by atoms with Crippen LogP contribution in [0.1, 0.15) is 33.3 Å². The van der Waals surface area contributed by atoms with Gasteiger partial charge in [0.05, 0.1) is 6.61 Å². The molecule has 1 aromatic heterocycles. The highest BCUT2D eigenvalue weighted by molar-refractivity contribution is 7.14. The first-order chi connectivity index (χ1) is 14.9. The van der Waals surface area contributed by atoms with Crippen LogP contribution in [-0.2, 0) is 4.74 Å². The lowest BCUT2D eigenvalue weighted by atomic mass is 10.2. The topological polar surface area (TPSA) is 101 Å². The van der Waals surface area contributed by atoms with Crippen molar-refractivity contribution in [1.82, 2.24) is 10.4 Å². The number of nitrogens with one attached hydrogen (secondary N) is 2. The molecule has 0 radical (unpaired) electrons. The number of thiazole rings is 1. The maximum absolute atomic E-state index is 13.0. The number of esters is 1. The molecule has 0 saturated carbocycles. The molecular formula is C21H19ClN4O4S. The molecule has 0 fully saturated rings. The molecule has 0 atom stereocenters. The Bertz CT molecular complexity index is 1080. The molecule has 0 bridgehead atoms. The Hall–Kier alpha value is -3.43. The van der Waals surface area contributed by atoms with Crippen LogP contribution in [0.15, 0.2) is 53.9 Å². The molecule has 0 aliphatic carbocycles. The van der Waals surface area contributed by atoms with Gasteiger partial charge < -0.3 is 10.1 Å². The SMILES string of the molecule is CCOC(=O)c1csc(N(NC(=O)c2ccc(Cl)cc2)C(=O)Nc2ccc(C)cc2)n1. The van der Waals surface area contributed by atoms with Gasteiger partial charge in [-0.2, -0.15) is 5.01 Å². The zero-order chi connectivity index (χ0) is 22.4. The standard InChI is InChI=1S/C21H19ClN4O4S/c1-3-30-19(28)17-12-31-21(24-17)26(20(29)23-16-10-4-13(2)5-11-16)25-18(27)14-6-8-15(22)9-7-14/h4-12H,3H2,1-2H3,(H,23,29)(H,25,27). The number of carbonyl (C=O) groups is 3. The average Bonchev–Trinajstić information content (AvgIpc) is 3.24. The van der Waals surface area contributed by atoms with Gasteiger partial charge in [-0.3, -0.25) is 10.2 Å². The van der Waals surface area contributed by atoms with Crippen molar-refractivity contribution < 1.29 is 19.1 Å². The fraction of sp³-hybridized carbons (Fsp3) is 0.143. The Kier molecular flexibility index (Phi) is 7.22. The molecule has 1 heterocycles. The fourth-order valence-corrected chi connectivity index (χ4v) is 3.31. The molecule has 8 nitrogen and oxygen atoms in total. The van der Waals surface area contributed by atoms with Gasteiger partial charge in [-0.15, -0.1) is 11.3 Å². The lowest BCUT2D eigenvalue weighted by molar-refractivity contribution is 0.0520. The van der Waals surface area contributed by atoms with E-state index in [1.54, 1.807) is 31.2 Å². The number of benzene rings is 2. The van der Waals surface area contributed by atoms with Gasteiger partial charge in [-0.25, -0.2) is 14.6 Å². The molecule has 0 aliphatic rings. The van der Waals surface area contributed by atoms with Gasteiger partial charge in [0.1, 0.15) is 0 Å². The quantitative estimate of drug-likeness (QED) is 0.427. The third-order valence-corrected chi connectivity index (χ3v) is 5.07. The second kappa shape index (κ2) is 10.1. The van der Waals surface area contributed by atoms with Gasteiger partial charge >= 0.3 is 12.0 Å². The highest BCUT2D eigenvalue weighted by Gasteiger charge is 2.24. The molecular weight excluding hydrogens is 440 g/mol. The smallest absolute Gasteiger partial charge is 0.357 e. The number of hydrazine groups is 1. The summed E-state index contributed by atoms with van der Waals surface area (Å²) in [4.78, 5) is 41.7. The van der Waals surface area contributed by atoms with Gasteiger partial charge in [0, 0.05) is 21.7 Å². The number of nitrogens with zero attached hydrogens (tertiary/aromatic N) is 2. The third kappa shape index (κ3) is 5.80. The number of aryl methyl sites for hydroxylation is 1. The first kappa shape index (κ1) is 22.3. The minimum atomic E-state index is -0.657.